The molecular formula is C21H17F4N3O2. The third-order valence-corrected chi connectivity index (χ3v) is 4.20. The third-order valence-electron chi connectivity index (χ3n) is 4.20. The number of nitrogens with zero attached hydrogens (tertiary/aromatic N) is 2. The Hall–Kier alpha value is -3.49. The average Bonchev–Trinajstić information content (AvgIpc) is 2.66. The Morgan fingerprint density at radius 1 is 1.00 bits per heavy atom. The van der Waals surface area contributed by atoms with E-state index < -0.39 is 23.5 Å². The Morgan fingerprint density at radius 2 is 1.60 bits per heavy atom. The van der Waals surface area contributed by atoms with Crippen molar-refractivity contribution in [2.75, 3.05) is 5.32 Å². The summed E-state index contributed by atoms with van der Waals surface area (Å²) in [6.45, 7) is 3.24. The Labute approximate surface area is 169 Å². The summed E-state index contributed by atoms with van der Waals surface area (Å²) in [6.07, 6.45) is -4.55. The molecule has 1 aromatic heterocycles. The summed E-state index contributed by atoms with van der Waals surface area (Å²) in [6, 6.07) is 10.1. The number of nitrogens with one attached hydrogen (secondary N) is 1. The van der Waals surface area contributed by atoms with Gasteiger partial charge in [-0.25, -0.2) is 4.39 Å². The molecule has 0 atom stereocenters. The van der Waals surface area contributed by atoms with Gasteiger partial charge in [-0.2, -0.15) is 23.1 Å². The zero-order chi connectivity index (χ0) is 21.9. The number of halogens is 4. The molecule has 0 fully saturated rings. The van der Waals surface area contributed by atoms with Crippen molar-refractivity contribution in [1.29, 1.82) is 0 Å². The van der Waals surface area contributed by atoms with E-state index in [0.717, 1.165) is 12.1 Å². The van der Waals surface area contributed by atoms with E-state index in [0.29, 0.717) is 22.6 Å². The molecule has 3 aromatic rings. The van der Waals surface area contributed by atoms with E-state index in [4.69, 9.17) is 4.74 Å². The maximum Gasteiger partial charge on any atom is 0.416 e. The van der Waals surface area contributed by atoms with Crippen molar-refractivity contribution in [3.8, 4) is 11.8 Å². The van der Waals surface area contributed by atoms with Crippen LogP contribution in [0.2, 0.25) is 0 Å². The Kier molecular flexibility index (Phi) is 6.00. The highest BCUT2D eigenvalue weighted by Gasteiger charge is 2.30. The topological polar surface area (TPSA) is 64.1 Å². The van der Waals surface area contributed by atoms with Crippen LogP contribution >= 0.6 is 0 Å². The molecule has 0 saturated carbocycles. The van der Waals surface area contributed by atoms with Crippen LogP contribution in [0.3, 0.4) is 0 Å². The SMILES string of the molecule is Cc1nc(Oc2ccccc2F)nc(C)c1NC(=O)Cc1ccc(C(F)(F)F)cc1. The molecule has 9 heteroatoms. The lowest BCUT2D eigenvalue weighted by Gasteiger charge is -2.13. The minimum absolute atomic E-state index is 0.0320. The molecule has 0 unspecified atom stereocenters. The largest absolute Gasteiger partial charge is 0.421 e. The number of carbonyl (C=O) groups excluding carboxylic acids is 1. The molecule has 0 radical (unpaired) electrons. The monoisotopic (exact) mass is 419 g/mol. The molecule has 0 aliphatic rings. The lowest BCUT2D eigenvalue weighted by molar-refractivity contribution is -0.137. The summed E-state index contributed by atoms with van der Waals surface area (Å²) in [5.74, 6) is -1.03. The molecule has 1 heterocycles. The maximum atomic E-state index is 13.7. The minimum atomic E-state index is -4.43. The number of amides is 1. The minimum Gasteiger partial charge on any atom is -0.421 e. The standard InChI is InChI=1S/C21H17F4N3O2/c1-12-19(13(2)27-20(26-12)30-17-6-4-3-5-16(17)22)28-18(29)11-14-7-9-15(10-8-14)21(23,24)25/h3-10H,11H2,1-2H3,(H,28,29). The molecule has 0 bridgehead atoms. The van der Waals surface area contributed by atoms with E-state index in [2.05, 4.69) is 15.3 Å². The number of aryl methyl sites for hydroxylation is 2. The molecule has 5 nitrogen and oxygen atoms in total. The van der Waals surface area contributed by atoms with Crippen molar-refractivity contribution < 1.29 is 27.1 Å². The number of rotatable bonds is 5. The summed E-state index contributed by atoms with van der Waals surface area (Å²) < 4.78 is 57.0. The van der Waals surface area contributed by atoms with Gasteiger partial charge in [0.2, 0.25) is 5.91 Å². The Balaban J connectivity index is 1.70. The van der Waals surface area contributed by atoms with Gasteiger partial charge >= 0.3 is 12.2 Å². The second-order valence-corrected chi connectivity index (χ2v) is 6.50. The molecule has 0 saturated heterocycles. The van der Waals surface area contributed by atoms with Crippen molar-refractivity contribution in [2.45, 2.75) is 26.4 Å². The molecular weight excluding hydrogens is 402 g/mol. The molecule has 0 aliphatic carbocycles. The predicted molar refractivity (Wildman–Crippen MR) is 102 cm³/mol. The fourth-order valence-electron chi connectivity index (χ4n) is 2.72. The van der Waals surface area contributed by atoms with Crippen molar-refractivity contribution in [3.63, 3.8) is 0 Å². The number of para-hydroxylation sites is 1. The number of ether oxygens (including phenoxy) is 1. The first-order valence-corrected chi connectivity index (χ1v) is 8.87. The Morgan fingerprint density at radius 3 is 2.17 bits per heavy atom. The summed E-state index contributed by atoms with van der Waals surface area (Å²) in [7, 11) is 0. The average molecular weight is 419 g/mol. The van der Waals surface area contributed by atoms with Crippen LogP contribution in [-0.2, 0) is 17.4 Å². The number of aromatic nitrogens is 2. The lowest BCUT2D eigenvalue weighted by atomic mass is 10.1. The highest BCUT2D eigenvalue weighted by molar-refractivity contribution is 5.93. The van der Waals surface area contributed by atoms with Gasteiger partial charge < -0.3 is 10.1 Å². The first kappa shape index (κ1) is 21.2. The van der Waals surface area contributed by atoms with Gasteiger partial charge in [-0.05, 0) is 43.7 Å². The molecule has 0 aliphatic heterocycles. The molecule has 1 N–H and O–H groups in total. The Bertz CT molecular complexity index is 1040. The van der Waals surface area contributed by atoms with Crippen LogP contribution in [0.5, 0.6) is 11.8 Å². The highest BCUT2D eigenvalue weighted by Crippen LogP contribution is 2.29. The second kappa shape index (κ2) is 8.48. The van der Waals surface area contributed by atoms with Crippen LogP contribution in [-0.4, -0.2) is 15.9 Å². The molecule has 30 heavy (non-hydrogen) atoms. The zero-order valence-electron chi connectivity index (χ0n) is 16.0. The van der Waals surface area contributed by atoms with Crippen LogP contribution < -0.4 is 10.1 Å². The van der Waals surface area contributed by atoms with Crippen LogP contribution in [0.1, 0.15) is 22.5 Å². The van der Waals surface area contributed by atoms with Crippen LogP contribution in [0.25, 0.3) is 0 Å². The quantitative estimate of drug-likeness (QED) is 0.576. The number of anilines is 1. The normalized spacial score (nSPS) is 11.3. The zero-order valence-corrected chi connectivity index (χ0v) is 16.0. The smallest absolute Gasteiger partial charge is 0.416 e. The van der Waals surface area contributed by atoms with Gasteiger partial charge in [0.25, 0.3) is 0 Å². The third kappa shape index (κ3) is 5.11. The molecule has 156 valence electrons. The van der Waals surface area contributed by atoms with E-state index in [1.165, 1.54) is 30.3 Å². The lowest BCUT2D eigenvalue weighted by Crippen LogP contribution is -2.17. The number of alkyl halides is 3. The summed E-state index contributed by atoms with van der Waals surface area (Å²) >= 11 is 0. The number of hydrogen-bond acceptors (Lipinski definition) is 4. The highest BCUT2D eigenvalue weighted by atomic mass is 19.4. The van der Waals surface area contributed by atoms with E-state index in [1.54, 1.807) is 19.9 Å². The molecule has 2 aromatic carbocycles. The van der Waals surface area contributed by atoms with Crippen molar-refractivity contribution in [1.82, 2.24) is 9.97 Å². The van der Waals surface area contributed by atoms with Crippen LogP contribution in [0.15, 0.2) is 48.5 Å². The number of carbonyl (C=O) groups is 1. The van der Waals surface area contributed by atoms with E-state index in [9.17, 15) is 22.4 Å². The van der Waals surface area contributed by atoms with Crippen LogP contribution in [0.4, 0.5) is 23.2 Å². The molecule has 3 rings (SSSR count). The predicted octanol–water partition coefficient (Wildman–Crippen LogP) is 5.22. The summed E-state index contributed by atoms with van der Waals surface area (Å²) in [5.41, 5.74) is 0.797. The van der Waals surface area contributed by atoms with Crippen molar-refractivity contribution in [2.24, 2.45) is 0 Å². The number of hydrogen-bond donors (Lipinski definition) is 1. The fourth-order valence-corrected chi connectivity index (χ4v) is 2.72. The van der Waals surface area contributed by atoms with Gasteiger partial charge in [-0.3, -0.25) is 4.79 Å². The molecule has 0 spiro atoms. The summed E-state index contributed by atoms with van der Waals surface area (Å²) in [4.78, 5) is 20.6. The number of benzene rings is 2. The molecule has 1 amide bonds. The summed E-state index contributed by atoms with van der Waals surface area (Å²) in [5, 5.41) is 2.66. The van der Waals surface area contributed by atoms with Gasteiger partial charge in [0.05, 0.1) is 29.1 Å². The maximum absolute atomic E-state index is 13.7. The van der Waals surface area contributed by atoms with E-state index in [-0.39, 0.29) is 18.2 Å². The van der Waals surface area contributed by atoms with Crippen molar-refractivity contribution >= 4 is 11.6 Å². The van der Waals surface area contributed by atoms with Gasteiger partial charge in [0.1, 0.15) is 0 Å². The van der Waals surface area contributed by atoms with E-state index in [1.807, 2.05) is 0 Å². The van der Waals surface area contributed by atoms with Gasteiger partial charge in [-0.1, -0.05) is 24.3 Å². The van der Waals surface area contributed by atoms with Crippen LogP contribution in [0, 0.1) is 19.7 Å². The fraction of sp³-hybridized carbons (Fsp3) is 0.190. The van der Waals surface area contributed by atoms with E-state index >= 15 is 0 Å². The first-order chi connectivity index (χ1) is 14.1. The van der Waals surface area contributed by atoms with Gasteiger partial charge in [-0.15, -0.1) is 0 Å². The second-order valence-electron chi connectivity index (χ2n) is 6.50. The first-order valence-electron chi connectivity index (χ1n) is 8.87. The van der Waals surface area contributed by atoms with Gasteiger partial charge in [0, 0.05) is 0 Å². The van der Waals surface area contributed by atoms with Crippen molar-refractivity contribution in [3.05, 3.63) is 76.9 Å². The van der Waals surface area contributed by atoms with Gasteiger partial charge in [0.15, 0.2) is 11.6 Å².